The molecule has 1 atom stereocenters. The molecule has 7 nitrogen and oxygen atoms in total. The van der Waals surface area contributed by atoms with Crippen molar-refractivity contribution in [3.8, 4) is 17.1 Å². The Balaban J connectivity index is 1.40. The number of para-hydroxylation sites is 1. The van der Waals surface area contributed by atoms with Crippen LogP contribution < -0.4 is 10.1 Å². The van der Waals surface area contributed by atoms with E-state index in [4.69, 9.17) is 9.26 Å². The van der Waals surface area contributed by atoms with Gasteiger partial charge in [0.05, 0.1) is 0 Å². The summed E-state index contributed by atoms with van der Waals surface area (Å²) in [7, 11) is 0. The molecule has 0 spiro atoms. The fourth-order valence-corrected chi connectivity index (χ4v) is 3.45. The topological polar surface area (TPSA) is 90.1 Å². The summed E-state index contributed by atoms with van der Waals surface area (Å²) >= 11 is 0. The van der Waals surface area contributed by atoms with E-state index in [1.54, 1.807) is 18.5 Å². The fraction of sp³-hybridized carbons (Fsp3) is 0.231. The zero-order valence-electron chi connectivity index (χ0n) is 18.6. The molecule has 0 aliphatic heterocycles. The van der Waals surface area contributed by atoms with Crippen molar-refractivity contribution in [1.82, 2.24) is 20.4 Å². The molecule has 2 heterocycles. The zero-order valence-corrected chi connectivity index (χ0v) is 18.6. The predicted octanol–water partition coefficient (Wildman–Crippen LogP) is 4.61. The van der Waals surface area contributed by atoms with Gasteiger partial charge in [-0.15, -0.1) is 0 Å². The molecule has 168 valence electrons. The maximum absolute atomic E-state index is 12.7. The van der Waals surface area contributed by atoms with Crippen molar-refractivity contribution in [3.63, 3.8) is 0 Å². The minimum Gasteiger partial charge on any atom is -0.483 e. The van der Waals surface area contributed by atoms with E-state index >= 15 is 0 Å². The molecule has 1 amide bonds. The van der Waals surface area contributed by atoms with Crippen molar-refractivity contribution in [1.29, 1.82) is 0 Å². The Kier molecular flexibility index (Phi) is 7.09. The number of carbonyl (C=O) groups is 1. The molecule has 0 radical (unpaired) electrons. The lowest BCUT2D eigenvalue weighted by Crippen LogP contribution is -2.35. The smallest absolute Gasteiger partial charge is 0.258 e. The Morgan fingerprint density at radius 2 is 1.82 bits per heavy atom. The monoisotopic (exact) mass is 442 g/mol. The molecular formula is C26H26N4O3. The lowest BCUT2D eigenvalue weighted by molar-refractivity contribution is -0.124. The number of benzene rings is 2. The number of hydrogen-bond acceptors (Lipinski definition) is 6. The summed E-state index contributed by atoms with van der Waals surface area (Å²) in [4.78, 5) is 21.3. The maximum atomic E-state index is 12.7. The number of nitrogens with zero attached hydrogens (tertiary/aromatic N) is 3. The second kappa shape index (κ2) is 10.5. The molecule has 4 rings (SSSR count). The van der Waals surface area contributed by atoms with Crippen LogP contribution in [0.4, 0.5) is 0 Å². The minimum absolute atomic E-state index is 0.0431. The van der Waals surface area contributed by atoms with E-state index in [0.29, 0.717) is 17.5 Å². The SMILES string of the molecule is CC(C)C(NC(=O)COc1ccccc1Cc1ccccc1)c1nc(-c2cccnc2)no1. The third-order valence-electron chi connectivity index (χ3n) is 5.18. The molecular weight excluding hydrogens is 416 g/mol. The standard InChI is InChI=1S/C26H26N4O3/c1-18(2)24(26-29-25(30-33-26)21-12-8-14-27-16-21)28-23(31)17-32-22-13-7-6-11-20(22)15-19-9-4-3-5-10-19/h3-14,16,18,24H,15,17H2,1-2H3,(H,28,31). The Bertz CT molecular complexity index is 1180. The largest absolute Gasteiger partial charge is 0.483 e. The van der Waals surface area contributed by atoms with E-state index < -0.39 is 6.04 Å². The van der Waals surface area contributed by atoms with Crippen LogP contribution in [0.5, 0.6) is 5.75 Å². The molecule has 0 aliphatic rings. The molecule has 0 saturated carbocycles. The summed E-state index contributed by atoms with van der Waals surface area (Å²) in [5.41, 5.74) is 2.95. The highest BCUT2D eigenvalue weighted by Crippen LogP contribution is 2.24. The minimum atomic E-state index is -0.432. The van der Waals surface area contributed by atoms with Crippen LogP contribution in [0, 0.1) is 5.92 Å². The Labute approximate surface area is 192 Å². The predicted molar refractivity (Wildman–Crippen MR) is 124 cm³/mol. The van der Waals surface area contributed by atoms with Crippen LogP contribution in [-0.2, 0) is 11.2 Å². The molecule has 2 aromatic heterocycles. The van der Waals surface area contributed by atoms with E-state index in [2.05, 4.69) is 32.6 Å². The number of nitrogens with one attached hydrogen (secondary N) is 1. The van der Waals surface area contributed by atoms with Crippen LogP contribution >= 0.6 is 0 Å². The van der Waals surface area contributed by atoms with Gasteiger partial charge in [-0.3, -0.25) is 9.78 Å². The van der Waals surface area contributed by atoms with Crippen LogP contribution in [0.15, 0.2) is 83.6 Å². The van der Waals surface area contributed by atoms with E-state index in [1.807, 2.05) is 62.4 Å². The first-order chi connectivity index (χ1) is 16.1. The second-order valence-corrected chi connectivity index (χ2v) is 8.05. The number of pyridine rings is 1. The highest BCUT2D eigenvalue weighted by molar-refractivity contribution is 5.78. The Hall–Kier alpha value is -4.00. The summed E-state index contributed by atoms with van der Waals surface area (Å²) in [6.45, 7) is 3.85. The highest BCUT2D eigenvalue weighted by Gasteiger charge is 2.25. The van der Waals surface area contributed by atoms with Gasteiger partial charge in [0.2, 0.25) is 11.7 Å². The lowest BCUT2D eigenvalue weighted by Gasteiger charge is -2.19. The Morgan fingerprint density at radius 1 is 1.03 bits per heavy atom. The van der Waals surface area contributed by atoms with Gasteiger partial charge in [-0.25, -0.2) is 0 Å². The number of rotatable bonds is 9. The molecule has 7 heteroatoms. The molecule has 4 aromatic rings. The molecule has 33 heavy (non-hydrogen) atoms. The van der Waals surface area contributed by atoms with Crippen molar-refractivity contribution in [2.24, 2.45) is 5.92 Å². The van der Waals surface area contributed by atoms with Crippen molar-refractivity contribution < 1.29 is 14.1 Å². The van der Waals surface area contributed by atoms with Crippen molar-refractivity contribution in [2.45, 2.75) is 26.3 Å². The average Bonchev–Trinajstić information content (AvgIpc) is 3.33. The summed E-state index contributed by atoms with van der Waals surface area (Å²) in [5, 5.41) is 6.99. The summed E-state index contributed by atoms with van der Waals surface area (Å²) < 4.78 is 11.3. The van der Waals surface area contributed by atoms with Gasteiger partial charge in [0, 0.05) is 24.4 Å². The number of ether oxygens (including phenoxy) is 1. The normalized spacial score (nSPS) is 11.8. The number of amides is 1. The third-order valence-corrected chi connectivity index (χ3v) is 5.18. The van der Waals surface area contributed by atoms with E-state index in [-0.39, 0.29) is 18.4 Å². The molecule has 0 aliphatic carbocycles. The number of aromatic nitrogens is 3. The van der Waals surface area contributed by atoms with Crippen LogP contribution in [0.1, 0.15) is 36.9 Å². The van der Waals surface area contributed by atoms with E-state index in [9.17, 15) is 4.79 Å². The van der Waals surface area contributed by atoms with Crippen molar-refractivity contribution >= 4 is 5.91 Å². The number of carbonyl (C=O) groups excluding carboxylic acids is 1. The van der Waals surface area contributed by atoms with E-state index in [1.165, 1.54) is 5.56 Å². The first-order valence-corrected chi connectivity index (χ1v) is 10.9. The van der Waals surface area contributed by atoms with Gasteiger partial charge in [0.1, 0.15) is 11.8 Å². The number of hydrogen-bond donors (Lipinski definition) is 1. The van der Waals surface area contributed by atoms with Gasteiger partial charge >= 0.3 is 0 Å². The van der Waals surface area contributed by atoms with Gasteiger partial charge in [0.25, 0.3) is 5.91 Å². The molecule has 0 bridgehead atoms. The lowest BCUT2D eigenvalue weighted by atomic mass is 10.0. The van der Waals surface area contributed by atoms with Crippen molar-refractivity contribution in [3.05, 3.63) is 96.1 Å². The molecule has 1 unspecified atom stereocenters. The summed E-state index contributed by atoms with van der Waals surface area (Å²) in [5.74, 6) is 1.26. The van der Waals surface area contributed by atoms with Crippen LogP contribution in [0.3, 0.4) is 0 Å². The fourth-order valence-electron chi connectivity index (χ4n) is 3.45. The highest BCUT2D eigenvalue weighted by atomic mass is 16.5. The van der Waals surface area contributed by atoms with Crippen LogP contribution in [0.25, 0.3) is 11.4 Å². The quantitative estimate of drug-likeness (QED) is 0.407. The summed E-state index contributed by atoms with van der Waals surface area (Å²) in [6, 6.07) is 21.1. The van der Waals surface area contributed by atoms with Crippen LogP contribution in [0.2, 0.25) is 0 Å². The second-order valence-electron chi connectivity index (χ2n) is 8.05. The first kappa shape index (κ1) is 22.2. The van der Waals surface area contributed by atoms with Gasteiger partial charge in [-0.05, 0) is 35.2 Å². The van der Waals surface area contributed by atoms with E-state index in [0.717, 1.165) is 17.5 Å². The zero-order chi connectivity index (χ0) is 23.0. The van der Waals surface area contributed by atoms with Crippen molar-refractivity contribution in [2.75, 3.05) is 6.61 Å². The Morgan fingerprint density at radius 3 is 2.58 bits per heavy atom. The van der Waals surface area contributed by atoms with Crippen LogP contribution in [-0.4, -0.2) is 27.6 Å². The van der Waals surface area contributed by atoms with Gasteiger partial charge in [0.15, 0.2) is 6.61 Å². The average molecular weight is 443 g/mol. The molecule has 0 saturated heterocycles. The van der Waals surface area contributed by atoms with Gasteiger partial charge < -0.3 is 14.6 Å². The van der Waals surface area contributed by atoms with Gasteiger partial charge in [-0.1, -0.05) is 67.5 Å². The first-order valence-electron chi connectivity index (χ1n) is 10.9. The molecule has 0 fully saturated rings. The molecule has 1 N–H and O–H groups in total. The summed E-state index contributed by atoms with van der Waals surface area (Å²) in [6.07, 6.45) is 4.07. The third kappa shape index (κ3) is 5.83. The molecule has 2 aromatic carbocycles. The maximum Gasteiger partial charge on any atom is 0.258 e. The van der Waals surface area contributed by atoms with Gasteiger partial charge in [-0.2, -0.15) is 4.98 Å².